The molecular formula is C10H13N5. The summed E-state index contributed by atoms with van der Waals surface area (Å²) in [4.78, 5) is 4.04. The molecule has 0 saturated carbocycles. The van der Waals surface area contributed by atoms with Gasteiger partial charge in [-0.2, -0.15) is 0 Å². The van der Waals surface area contributed by atoms with Crippen molar-refractivity contribution in [1.29, 1.82) is 0 Å². The third-order valence-corrected chi connectivity index (χ3v) is 2.30. The van der Waals surface area contributed by atoms with Crippen LogP contribution < -0.4 is 5.73 Å². The van der Waals surface area contributed by atoms with Gasteiger partial charge in [0.15, 0.2) is 5.82 Å². The summed E-state index contributed by atoms with van der Waals surface area (Å²) in [7, 11) is 0. The summed E-state index contributed by atoms with van der Waals surface area (Å²) in [6.45, 7) is 4.84. The zero-order valence-corrected chi connectivity index (χ0v) is 8.81. The number of anilines is 1. The molecule has 78 valence electrons. The number of rotatable bonds is 2. The van der Waals surface area contributed by atoms with Gasteiger partial charge in [0.2, 0.25) is 0 Å². The van der Waals surface area contributed by atoms with Crippen molar-refractivity contribution in [2.75, 3.05) is 5.73 Å². The Kier molecular flexibility index (Phi) is 2.37. The number of pyridine rings is 1. The van der Waals surface area contributed by atoms with Crippen molar-refractivity contribution in [1.82, 2.24) is 19.7 Å². The van der Waals surface area contributed by atoms with Crippen LogP contribution in [0.5, 0.6) is 0 Å². The summed E-state index contributed by atoms with van der Waals surface area (Å²) in [5.74, 6) is 2.25. The Labute approximate surface area is 88.0 Å². The van der Waals surface area contributed by atoms with E-state index in [1.807, 2.05) is 17.6 Å². The van der Waals surface area contributed by atoms with Gasteiger partial charge >= 0.3 is 0 Å². The van der Waals surface area contributed by atoms with Crippen LogP contribution in [0.15, 0.2) is 18.3 Å². The minimum Gasteiger partial charge on any atom is -0.384 e. The van der Waals surface area contributed by atoms with E-state index in [1.54, 1.807) is 12.3 Å². The van der Waals surface area contributed by atoms with E-state index >= 15 is 0 Å². The van der Waals surface area contributed by atoms with E-state index in [4.69, 9.17) is 5.73 Å². The van der Waals surface area contributed by atoms with Gasteiger partial charge in [-0.15, -0.1) is 10.2 Å². The Bertz CT molecular complexity index is 457. The fourth-order valence-electron chi connectivity index (χ4n) is 1.51. The predicted octanol–water partition coefficient (Wildman–Crippen LogP) is 1.25. The van der Waals surface area contributed by atoms with E-state index in [9.17, 15) is 0 Å². The first-order chi connectivity index (χ1) is 7.22. The van der Waals surface area contributed by atoms with Crippen molar-refractivity contribution in [3.8, 4) is 11.4 Å². The highest BCUT2D eigenvalue weighted by atomic mass is 15.3. The van der Waals surface area contributed by atoms with Gasteiger partial charge in [0.05, 0.1) is 0 Å². The van der Waals surface area contributed by atoms with Crippen molar-refractivity contribution in [2.24, 2.45) is 0 Å². The minimum atomic E-state index is 0.512. The van der Waals surface area contributed by atoms with E-state index in [-0.39, 0.29) is 0 Å². The maximum Gasteiger partial charge on any atom is 0.165 e. The molecule has 0 radical (unpaired) electrons. The zero-order valence-electron chi connectivity index (χ0n) is 8.81. The van der Waals surface area contributed by atoms with Gasteiger partial charge in [-0.3, -0.25) is 0 Å². The van der Waals surface area contributed by atoms with Gasteiger partial charge in [-0.05, 0) is 26.0 Å². The molecule has 0 spiro atoms. The summed E-state index contributed by atoms with van der Waals surface area (Å²) in [6.07, 6.45) is 1.71. The number of hydrogen-bond donors (Lipinski definition) is 1. The number of nitrogens with zero attached hydrogens (tertiary/aromatic N) is 4. The Morgan fingerprint density at radius 2 is 2.13 bits per heavy atom. The van der Waals surface area contributed by atoms with Gasteiger partial charge in [-0.25, -0.2) is 4.98 Å². The van der Waals surface area contributed by atoms with Gasteiger partial charge in [0.25, 0.3) is 0 Å². The predicted molar refractivity (Wildman–Crippen MR) is 58.1 cm³/mol. The average Bonchev–Trinajstić information content (AvgIpc) is 2.61. The zero-order chi connectivity index (χ0) is 10.8. The first-order valence-corrected chi connectivity index (χ1v) is 4.84. The molecule has 5 heteroatoms. The summed E-state index contributed by atoms with van der Waals surface area (Å²) in [6, 6.07) is 3.66. The van der Waals surface area contributed by atoms with Gasteiger partial charge in [-0.1, -0.05) is 0 Å². The third kappa shape index (κ3) is 1.68. The van der Waals surface area contributed by atoms with Crippen LogP contribution in [0.4, 0.5) is 5.82 Å². The van der Waals surface area contributed by atoms with Crippen LogP contribution in [0.1, 0.15) is 12.7 Å². The molecular weight excluding hydrogens is 190 g/mol. The highest BCUT2D eigenvalue weighted by Crippen LogP contribution is 2.17. The number of nitrogens with two attached hydrogens (primary N) is 1. The Hall–Kier alpha value is -1.91. The van der Waals surface area contributed by atoms with E-state index in [2.05, 4.69) is 22.1 Å². The van der Waals surface area contributed by atoms with Crippen LogP contribution in [0.25, 0.3) is 11.4 Å². The van der Waals surface area contributed by atoms with Crippen LogP contribution >= 0.6 is 0 Å². The Morgan fingerprint density at radius 1 is 1.33 bits per heavy atom. The standard InChI is InChI=1S/C10H13N5/c1-3-15-7(2)13-14-10(15)8-4-5-9(11)12-6-8/h4-6H,3H2,1-2H3,(H2,11,12). The lowest BCUT2D eigenvalue weighted by Gasteiger charge is -2.04. The summed E-state index contributed by atoms with van der Waals surface area (Å²) in [5, 5.41) is 8.16. The molecule has 2 rings (SSSR count). The highest BCUT2D eigenvalue weighted by molar-refractivity contribution is 5.55. The third-order valence-electron chi connectivity index (χ3n) is 2.30. The van der Waals surface area contributed by atoms with E-state index in [1.165, 1.54) is 0 Å². The highest BCUT2D eigenvalue weighted by Gasteiger charge is 2.09. The number of aromatic nitrogens is 4. The molecule has 0 amide bonds. The SMILES string of the molecule is CCn1c(C)nnc1-c1ccc(N)nc1. The molecule has 5 nitrogen and oxygen atoms in total. The molecule has 2 aromatic rings. The molecule has 2 heterocycles. The minimum absolute atomic E-state index is 0.512. The lowest BCUT2D eigenvalue weighted by Crippen LogP contribution is -2.00. The van der Waals surface area contributed by atoms with Gasteiger partial charge in [0.1, 0.15) is 11.6 Å². The average molecular weight is 203 g/mol. The van der Waals surface area contributed by atoms with E-state index < -0.39 is 0 Å². The molecule has 0 aromatic carbocycles. The monoisotopic (exact) mass is 203 g/mol. The molecule has 0 unspecified atom stereocenters. The molecule has 0 aliphatic heterocycles. The number of hydrogen-bond acceptors (Lipinski definition) is 4. The summed E-state index contributed by atoms with van der Waals surface area (Å²) in [5.41, 5.74) is 6.46. The smallest absolute Gasteiger partial charge is 0.165 e. The maximum absolute atomic E-state index is 5.53. The molecule has 0 atom stereocenters. The first kappa shape index (κ1) is 9.64. The molecule has 0 aliphatic rings. The number of aryl methyl sites for hydroxylation is 1. The van der Waals surface area contributed by atoms with Crippen molar-refractivity contribution in [2.45, 2.75) is 20.4 Å². The summed E-state index contributed by atoms with van der Waals surface area (Å²) >= 11 is 0. The lowest BCUT2D eigenvalue weighted by atomic mass is 10.2. The lowest BCUT2D eigenvalue weighted by molar-refractivity contribution is 0.736. The van der Waals surface area contributed by atoms with Crippen LogP contribution in [0, 0.1) is 6.92 Å². The Balaban J connectivity index is 2.49. The first-order valence-electron chi connectivity index (χ1n) is 4.84. The molecule has 2 N–H and O–H groups in total. The van der Waals surface area contributed by atoms with Gasteiger partial charge < -0.3 is 10.3 Å². The second-order valence-electron chi connectivity index (χ2n) is 3.29. The largest absolute Gasteiger partial charge is 0.384 e. The summed E-state index contributed by atoms with van der Waals surface area (Å²) < 4.78 is 2.03. The molecule has 0 aliphatic carbocycles. The van der Waals surface area contributed by atoms with Crippen LogP contribution in [0.3, 0.4) is 0 Å². The molecule has 2 aromatic heterocycles. The van der Waals surface area contributed by atoms with Crippen LogP contribution in [-0.2, 0) is 6.54 Å². The van der Waals surface area contributed by atoms with Crippen molar-refractivity contribution < 1.29 is 0 Å². The molecule has 0 saturated heterocycles. The number of nitrogen functional groups attached to an aromatic ring is 1. The van der Waals surface area contributed by atoms with Crippen molar-refractivity contribution >= 4 is 5.82 Å². The maximum atomic E-state index is 5.53. The van der Waals surface area contributed by atoms with Crippen LogP contribution in [0.2, 0.25) is 0 Å². The Morgan fingerprint density at radius 3 is 2.73 bits per heavy atom. The van der Waals surface area contributed by atoms with E-state index in [0.717, 1.165) is 23.8 Å². The van der Waals surface area contributed by atoms with Crippen molar-refractivity contribution in [3.63, 3.8) is 0 Å². The van der Waals surface area contributed by atoms with Crippen molar-refractivity contribution in [3.05, 3.63) is 24.2 Å². The normalized spacial score (nSPS) is 10.5. The topological polar surface area (TPSA) is 69.6 Å². The fraction of sp³-hybridized carbons (Fsp3) is 0.300. The molecule has 0 bridgehead atoms. The van der Waals surface area contributed by atoms with E-state index in [0.29, 0.717) is 5.82 Å². The van der Waals surface area contributed by atoms with Crippen LogP contribution in [-0.4, -0.2) is 19.7 Å². The molecule has 0 fully saturated rings. The fourth-order valence-corrected chi connectivity index (χ4v) is 1.51. The molecule has 15 heavy (non-hydrogen) atoms. The quantitative estimate of drug-likeness (QED) is 0.797. The van der Waals surface area contributed by atoms with Gasteiger partial charge in [0, 0.05) is 18.3 Å². The second-order valence-corrected chi connectivity index (χ2v) is 3.29. The second kappa shape index (κ2) is 3.68.